The lowest BCUT2D eigenvalue weighted by atomic mass is 9.95. The Hall–Kier alpha value is -3.23. The Morgan fingerprint density at radius 3 is 2.26 bits per heavy atom. The van der Waals surface area contributed by atoms with Crippen molar-refractivity contribution in [2.24, 2.45) is 5.92 Å². The first-order valence-electron chi connectivity index (χ1n) is 13.6. The SMILES string of the molecule is Cc1cc(C)c(/C=C/c2onc(C)c2S(=O)(=O)N2CCC(C(=O)N(Cc3ccccc3)C(C)C)CC2)c(C)c1. The van der Waals surface area contributed by atoms with E-state index in [0.29, 0.717) is 25.1 Å². The third kappa shape index (κ3) is 6.34. The summed E-state index contributed by atoms with van der Waals surface area (Å²) in [5, 5.41) is 3.98. The first kappa shape index (κ1) is 28.8. The summed E-state index contributed by atoms with van der Waals surface area (Å²) in [7, 11) is -3.84. The Balaban J connectivity index is 1.49. The maximum Gasteiger partial charge on any atom is 0.248 e. The number of sulfonamides is 1. The second-order valence-electron chi connectivity index (χ2n) is 10.8. The topological polar surface area (TPSA) is 83.7 Å². The lowest BCUT2D eigenvalue weighted by Gasteiger charge is -2.35. The van der Waals surface area contributed by atoms with Gasteiger partial charge in [0, 0.05) is 31.6 Å². The molecule has 3 aromatic rings. The van der Waals surface area contributed by atoms with Crippen LogP contribution in [0, 0.1) is 33.6 Å². The molecule has 1 fully saturated rings. The summed E-state index contributed by atoms with van der Waals surface area (Å²) in [4.78, 5) is 15.4. The fourth-order valence-electron chi connectivity index (χ4n) is 5.41. The number of carbonyl (C=O) groups is 1. The molecule has 1 saturated heterocycles. The number of benzene rings is 2. The number of piperidine rings is 1. The van der Waals surface area contributed by atoms with Gasteiger partial charge in [0.2, 0.25) is 15.9 Å². The van der Waals surface area contributed by atoms with Crippen molar-refractivity contribution in [1.29, 1.82) is 0 Å². The number of hydrogen-bond acceptors (Lipinski definition) is 5. The highest BCUT2D eigenvalue weighted by Crippen LogP contribution is 2.31. The van der Waals surface area contributed by atoms with Crippen molar-refractivity contribution in [3.63, 3.8) is 0 Å². The minimum atomic E-state index is -3.84. The molecule has 1 amide bonds. The second kappa shape index (κ2) is 11.9. The number of carbonyl (C=O) groups excluding carboxylic acids is 1. The third-order valence-electron chi connectivity index (χ3n) is 7.48. The van der Waals surface area contributed by atoms with Crippen LogP contribution in [-0.4, -0.2) is 47.8 Å². The summed E-state index contributed by atoms with van der Waals surface area (Å²) in [5.41, 5.74) is 5.85. The van der Waals surface area contributed by atoms with Crippen molar-refractivity contribution in [2.75, 3.05) is 13.1 Å². The minimum absolute atomic E-state index is 0.0503. The molecular formula is C31H39N3O4S. The standard InChI is InChI=1S/C31H39N3O4S/c1-21(2)34(20-26-10-8-7-9-11-26)31(35)27-14-16-33(17-15-27)39(36,37)30-25(6)32-38-29(30)13-12-28-23(4)18-22(3)19-24(28)5/h7-13,18-19,21,27H,14-17,20H2,1-6H3/b13-12+. The number of hydrogen-bond donors (Lipinski definition) is 0. The van der Waals surface area contributed by atoms with E-state index in [1.807, 2.05) is 69.0 Å². The maximum atomic E-state index is 13.7. The highest BCUT2D eigenvalue weighted by atomic mass is 32.2. The number of rotatable bonds is 8. The van der Waals surface area contributed by atoms with E-state index in [1.165, 1.54) is 9.87 Å². The molecule has 7 nitrogen and oxygen atoms in total. The highest BCUT2D eigenvalue weighted by Gasteiger charge is 2.37. The van der Waals surface area contributed by atoms with Crippen LogP contribution in [-0.2, 0) is 21.4 Å². The van der Waals surface area contributed by atoms with Gasteiger partial charge >= 0.3 is 0 Å². The van der Waals surface area contributed by atoms with Gasteiger partial charge in [0.1, 0.15) is 5.69 Å². The zero-order chi connectivity index (χ0) is 28.3. The number of aromatic nitrogens is 1. The molecule has 1 aliphatic heterocycles. The first-order valence-corrected chi connectivity index (χ1v) is 15.0. The summed E-state index contributed by atoms with van der Waals surface area (Å²) in [6.07, 6.45) is 4.54. The van der Waals surface area contributed by atoms with Gasteiger partial charge in [-0.2, -0.15) is 4.31 Å². The lowest BCUT2D eigenvalue weighted by molar-refractivity contribution is -0.139. The lowest BCUT2D eigenvalue weighted by Crippen LogP contribution is -2.46. The van der Waals surface area contributed by atoms with Gasteiger partial charge in [-0.25, -0.2) is 8.42 Å². The van der Waals surface area contributed by atoms with Crippen LogP contribution in [0.3, 0.4) is 0 Å². The predicted octanol–water partition coefficient (Wildman–Crippen LogP) is 5.92. The molecule has 8 heteroatoms. The molecule has 0 bridgehead atoms. The Kier molecular flexibility index (Phi) is 8.76. The van der Waals surface area contributed by atoms with Gasteiger partial charge in [-0.05, 0) is 82.7 Å². The summed E-state index contributed by atoms with van der Waals surface area (Å²) >= 11 is 0. The minimum Gasteiger partial charge on any atom is -0.355 e. The molecule has 1 aromatic heterocycles. The maximum absolute atomic E-state index is 13.7. The van der Waals surface area contributed by atoms with E-state index in [4.69, 9.17) is 4.52 Å². The molecule has 0 atom stereocenters. The van der Waals surface area contributed by atoms with Crippen molar-refractivity contribution in [2.45, 2.75) is 71.9 Å². The van der Waals surface area contributed by atoms with E-state index in [-0.39, 0.29) is 41.6 Å². The largest absolute Gasteiger partial charge is 0.355 e. The smallest absolute Gasteiger partial charge is 0.248 e. The first-order chi connectivity index (χ1) is 18.5. The van der Waals surface area contributed by atoms with Gasteiger partial charge in [-0.1, -0.05) is 59.3 Å². The Morgan fingerprint density at radius 1 is 1.05 bits per heavy atom. The van der Waals surface area contributed by atoms with Crippen LogP contribution in [0.1, 0.15) is 66.0 Å². The van der Waals surface area contributed by atoms with E-state index < -0.39 is 10.0 Å². The van der Waals surface area contributed by atoms with E-state index in [2.05, 4.69) is 24.2 Å². The van der Waals surface area contributed by atoms with Gasteiger partial charge in [0.25, 0.3) is 0 Å². The second-order valence-corrected chi connectivity index (χ2v) is 12.7. The zero-order valence-corrected chi connectivity index (χ0v) is 24.6. The van der Waals surface area contributed by atoms with Crippen molar-refractivity contribution in [1.82, 2.24) is 14.4 Å². The molecule has 2 aromatic carbocycles. The molecule has 1 aliphatic rings. The molecule has 0 aliphatic carbocycles. The van der Waals surface area contributed by atoms with E-state index in [9.17, 15) is 13.2 Å². The zero-order valence-electron chi connectivity index (χ0n) is 23.8. The van der Waals surface area contributed by atoms with Crippen LogP contribution >= 0.6 is 0 Å². The Bertz CT molecular complexity index is 1430. The summed E-state index contributed by atoms with van der Waals surface area (Å²) in [6.45, 7) is 12.9. The normalized spacial score (nSPS) is 15.4. The van der Waals surface area contributed by atoms with E-state index in [0.717, 1.165) is 22.3 Å². The molecule has 208 valence electrons. The summed E-state index contributed by atoms with van der Waals surface area (Å²) in [6, 6.07) is 14.2. The van der Waals surface area contributed by atoms with Crippen LogP contribution in [0.25, 0.3) is 12.2 Å². The van der Waals surface area contributed by atoms with Crippen molar-refractivity contribution in [3.05, 3.63) is 81.7 Å². The average Bonchev–Trinajstić information content (AvgIpc) is 3.27. The summed E-state index contributed by atoms with van der Waals surface area (Å²) in [5.74, 6) is 0.0939. The molecule has 0 unspecified atom stereocenters. The van der Waals surface area contributed by atoms with Crippen molar-refractivity contribution in [3.8, 4) is 0 Å². The molecular weight excluding hydrogens is 510 g/mol. The van der Waals surface area contributed by atoms with Crippen LogP contribution in [0.5, 0.6) is 0 Å². The molecule has 2 heterocycles. The number of nitrogens with zero attached hydrogens (tertiary/aromatic N) is 3. The van der Waals surface area contributed by atoms with Crippen LogP contribution in [0.2, 0.25) is 0 Å². The molecule has 0 N–H and O–H groups in total. The van der Waals surface area contributed by atoms with Gasteiger partial charge in [-0.3, -0.25) is 4.79 Å². The van der Waals surface area contributed by atoms with Gasteiger partial charge in [-0.15, -0.1) is 0 Å². The van der Waals surface area contributed by atoms with Gasteiger partial charge < -0.3 is 9.42 Å². The van der Waals surface area contributed by atoms with Crippen LogP contribution in [0.4, 0.5) is 0 Å². The van der Waals surface area contributed by atoms with Crippen molar-refractivity contribution >= 4 is 28.1 Å². The van der Waals surface area contributed by atoms with E-state index in [1.54, 1.807) is 13.0 Å². The van der Waals surface area contributed by atoms with Crippen LogP contribution in [0.15, 0.2) is 51.9 Å². The Morgan fingerprint density at radius 2 is 1.67 bits per heavy atom. The fourth-order valence-corrected chi connectivity index (χ4v) is 7.13. The fraction of sp³-hybridized carbons (Fsp3) is 0.419. The highest BCUT2D eigenvalue weighted by molar-refractivity contribution is 7.89. The Labute approximate surface area is 232 Å². The molecule has 4 rings (SSSR count). The quantitative estimate of drug-likeness (QED) is 0.348. The number of aryl methyl sites for hydroxylation is 4. The van der Waals surface area contributed by atoms with E-state index >= 15 is 0 Å². The molecule has 39 heavy (non-hydrogen) atoms. The predicted molar refractivity (Wildman–Crippen MR) is 154 cm³/mol. The van der Waals surface area contributed by atoms with Crippen LogP contribution < -0.4 is 0 Å². The van der Waals surface area contributed by atoms with Crippen molar-refractivity contribution < 1.29 is 17.7 Å². The monoisotopic (exact) mass is 549 g/mol. The average molecular weight is 550 g/mol. The molecule has 0 saturated carbocycles. The third-order valence-corrected chi connectivity index (χ3v) is 9.53. The van der Waals surface area contributed by atoms with Gasteiger partial charge in [0.05, 0.1) is 0 Å². The number of amides is 1. The molecule has 0 spiro atoms. The molecule has 0 radical (unpaired) electrons. The summed E-state index contributed by atoms with van der Waals surface area (Å²) < 4.78 is 34.4. The van der Waals surface area contributed by atoms with Gasteiger partial charge in [0.15, 0.2) is 10.7 Å².